The Kier molecular flexibility index (Phi) is 11.2. The quantitative estimate of drug-likeness (QED) is 0.121. The molecule has 55 heavy (non-hydrogen) atoms. The first-order valence-corrected chi connectivity index (χ1v) is 19.4. The maximum Gasteiger partial charge on any atom is 0.0496 e. The molecule has 1 aliphatic rings. The summed E-state index contributed by atoms with van der Waals surface area (Å²) in [4.78, 5) is 2.44. The van der Waals surface area contributed by atoms with Crippen molar-refractivity contribution in [1.82, 2.24) is 0 Å². The average molecular weight is 708 g/mol. The van der Waals surface area contributed by atoms with E-state index in [9.17, 15) is 0 Å². The molecule has 1 nitrogen and oxygen atoms in total. The van der Waals surface area contributed by atoms with Crippen LogP contribution in [0.2, 0.25) is 0 Å². The van der Waals surface area contributed by atoms with Crippen LogP contribution in [0.5, 0.6) is 0 Å². The minimum Gasteiger partial charge on any atom is -0.310 e. The lowest BCUT2D eigenvalue weighted by molar-refractivity contribution is 0.686. The van der Waals surface area contributed by atoms with E-state index in [1.807, 2.05) is 0 Å². The molecule has 0 aromatic heterocycles. The number of anilines is 3. The molecule has 0 aliphatic heterocycles. The Morgan fingerprint density at radius 3 is 1.20 bits per heavy atom. The van der Waals surface area contributed by atoms with E-state index in [-0.39, 0.29) is 0 Å². The molecule has 0 unspecified atom stereocenters. The summed E-state index contributed by atoms with van der Waals surface area (Å²) in [6.45, 7) is 0. The molecule has 7 aromatic carbocycles. The highest BCUT2D eigenvalue weighted by atomic mass is 15.1. The van der Waals surface area contributed by atoms with Crippen LogP contribution in [-0.4, -0.2) is 0 Å². The van der Waals surface area contributed by atoms with Gasteiger partial charge in [-0.3, -0.25) is 0 Å². The summed E-state index contributed by atoms with van der Waals surface area (Å²) in [6, 6.07) is 67.2. The lowest BCUT2D eigenvalue weighted by atomic mass is 9.90. The van der Waals surface area contributed by atoms with Crippen LogP contribution >= 0.6 is 0 Å². The summed E-state index contributed by atoms with van der Waals surface area (Å²) < 4.78 is 0. The Hall–Kier alpha value is -6.70. The van der Waals surface area contributed by atoms with Crippen molar-refractivity contribution >= 4 is 40.4 Å². The normalized spacial score (nSPS) is 12.3. The van der Waals surface area contributed by atoms with Crippen LogP contribution in [-0.2, 0) is 12.8 Å². The van der Waals surface area contributed by atoms with Crippen LogP contribution in [0.25, 0.3) is 23.3 Å². The average Bonchev–Trinajstić information content (AvgIpc) is 3.26. The molecule has 1 heteroatoms. The van der Waals surface area contributed by atoms with Crippen LogP contribution in [0.1, 0.15) is 57.3 Å². The molecule has 0 saturated carbocycles. The van der Waals surface area contributed by atoms with Crippen molar-refractivity contribution in [3.8, 4) is 0 Å². The number of fused-ring (bicyclic) bond motifs is 1. The van der Waals surface area contributed by atoms with Crippen molar-refractivity contribution in [1.29, 1.82) is 0 Å². The van der Waals surface area contributed by atoms with Gasteiger partial charge < -0.3 is 4.90 Å². The number of hydrogen-bond donors (Lipinski definition) is 0. The van der Waals surface area contributed by atoms with Gasteiger partial charge in [-0.25, -0.2) is 0 Å². The fourth-order valence-electron chi connectivity index (χ4n) is 7.57. The van der Waals surface area contributed by atoms with Crippen molar-refractivity contribution in [2.75, 3.05) is 4.90 Å². The lowest BCUT2D eigenvalue weighted by Crippen LogP contribution is -2.15. The Bertz CT molecular complexity index is 2190. The van der Waals surface area contributed by atoms with Gasteiger partial charge in [-0.05, 0) is 112 Å². The molecule has 0 saturated heterocycles. The van der Waals surface area contributed by atoms with E-state index in [2.05, 4.69) is 229 Å². The molecule has 0 amide bonds. The van der Waals surface area contributed by atoms with E-state index in [1.54, 1.807) is 0 Å². The highest BCUT2D eigenvalue weighted by molar-refractivity contribution is 5.84. The minimum absolute atomic E-state index is 1.11. The fraction of sp³-hybridized carbons (Fsp3) is 0.0741. The summed E-state index contributed by atoms with van der Waals surface area (Å²) in [5.41, 5.74) is 16.1. The summed E-state index contributed by atoms with van der Waals surface area (Å²) >= 11 is 0. The molecule has 0 heterocycles. The molecule has 0 spiro atoms. The zero-order valence-corrected chi connectivity index (χ0v) is 31.1. The van der Waals surface area contributed by atoms with Crippen molar-refractivity contribution in [3.05, 3.63) is 257 Å². The van der Waals surface area contributed by atoms with Gasteiger partial charge in [0, 0.05) is 17.1 Å². The zero-order valence-electron chi connectivity index (χ0n) is 31.1. The van der Waals surface area contributed by atoms with Gasteiger partial charge in [-0.1, -0.05) is 194 Å². The predicted octanol–water partition coefficient (Wildman–Crippen LogP) is 14.3. The molecule has 0 bridgehead atoms. The summed E-state index contributed by atoms with van der Waals surface area (Å²) in [5.74, 6) is 0. The van der Waals surface area contributed by atoms with Crippen LogP contribution in [0, 0.1) is 0 Å². The summed E-state index contributed by atoms with van der Waals surface area (Å²) in [5, 5.41) is 0. The van der Waals surface area contributed by atoms with Gasteiger partial charge in [0.1, 0.15) is 0 Å². The number of aryl methyl sites for hydroxylation is 1. The zero-order chi connectivity index (χ0) is 37.1. The van der Waals surface area contributed by atoms with Gasteiger partial charge in [0.05, 0.1) is 0 Å². The highest BCUT2D eigenvalue weighted by Gasteiger charge is 2.20. The number of benzene rings is 7. The molecule has 0 fully saturated rings. The van der Waals surface area contributed by atoms with E-state index in [0.29, 0.717) is 0 Å². The molecule has 0 atom stereocenters. The Labute approximate surface area is 326 Å². The molecule has 266 valence electrons. The van der Waals surface area contributed by atoms with Crippen LogP contribution in [0.4, 0.5) is 17.1 Å². The van der Waals surface area contributed by atoms with Gasteiger partial charge in [-0.15, -0.1) is 0 Å². The van der Waals surface area contributed by atoms with E-state index in [4.69, 9.17) is 0 Å². The van der Waals surface area contributed by atoms with Gasteiger partial charge in [0.2, 0.25) is 0 Å². The number of allylic oxidation sites excluding steroid dienone is 4. The molecule has 0 N–H and O–H groups in total. The summed E-state index contributed by atoms with van der Waals surface area (Å²) in [6.07, 6.45) is 17.9. The minimum atomic E-state index is 1.11. The third kappa shape index (κ3) is 8.59. The molecule has 1 aliphatic carbocycles. The monoisotopic (exact) mass is 707 g/mol. The largest absolute Gasteiger partial charge is 0.310 e. The van der Waals surface area contributed by atoms with E-state index in [0.717, 1.165) is 35.3 Å². The maximum atomic E-state index is 2.44. The number of rotatable bonds is 11. The maximum absolute atomic E-state index is 2.44. The SMILES string of the molecule is C(/C=C/c1ccc(N(c2ccc(/C=C/C=C(c3ccccc3)c3ccccc3)cc2)c2cccc3c2CCCC3)cc1)=C(c1ccccc1)c1ccccc1. The Balaban J connectivity index is 1.09. The van der Waals surface area contributed by atoms with Crippen LogP contribution in [0.15, 0.2) is 212 Å². The highest BCUT2D eigenvalue weighted by Crippen LogP contribution is 2.40. The summed E-state index contributed by atoms with van der Waals surface area (Å²) in [7, 11) is 0. The van der Waals surface area contributed by atoms with Gasteiger partial charge in [0.15, 0.2) is 0 Å². The Morgan fingerprint density at radius 2 is 0.782 bits per heavy atom. The van der Waals surface area contributed by atoms with E-state index < -0.39 is 0 Å². The second-order valence-corrected chi connectivity index (χ2v) is 14.0. The van der Waals surface area contributed by atoms with Gasteiger partial charge in [-0.2, -0.15) is 0 Å². The standard InChI is InChI=1S/C54H45N/c1-5-20-44(21-6-1)51(45-22-7-2-8-23-45)31-15-18-42-34-38-49(39-35-42)55(54-33-17-29-48-28-13-14-30-53(48)54)50-40-36-43(37-41-50)19-16-32-52(46-24-9-3-10-25-46)47-26-11-4-12-27-47/h1-12,15-27,29,31-41H,13-14,28,30H2/b18-15+,19-16+. The van der Waals surface area contributed by atoms with Crippen molar-refractivity contribution < 1.29 is 0 Å². The molecule has 7 aromatic rings. The second kappa shape index (κ2) is 17.4. The first-order chi connectivity index (χ1) is 27.3. The third-order valence-electron chi connectivity index (χ3n) is 10.4. The van der Waals surface area contributed by atoms with Crippen molar-refractivity contribution in [2.45, 2.75) is 25.7 Å². The second-order valence-electron chi connectivity index (χ2n) is 14.0. The lowest BCUT2D eigenvalue weighted by Gasteiger charge is -2.30. The van der Waals surface area contributed by atoms with Crippen molar-refractivity contribution in [2.24, 2.45) is 0 Å². The first-order valence-electron chi connectivity index (χ1n) is 19.4. The molecule has 8 rings (SSSR count). The molecule has 0 radical (unpaired) electrons. The number of nitrogens with zero attached hydrogens (tertiary/aromatic N) is 1. The topological polar surface area (TPSA) is 3.24 Å². The van der Waals surface area contributed by atoms with Crippen molar-refractivity contribution in [3.63, 3.8) is 0 Å². The molecular weight excluding hydrogens is 663 g/mol. The predicted molar refractivity (Wildman–Crippen MR) is 236 cm³/mol. The van der Waals surface area contributed by atoms with E-state index in [1.165, 1.54) is 63.1 Å². The Morgan fingerprint density at radius 1 is 0.382 bits per heavy atom. The fourth-order valence-corrected chi connectivity index (χ4v) is 7.57. The van der Waals surface area contributed by atoms with Crippen LogP contribution in [0.3, 0.4) is 0 Å². The van der Waals surface area contributed by atoms with E-state index >= 15 is 0 Å². The number of hydrogen-bond acceptors (Lipinski definition) is 1. The first kappa shape index (κ1) is 35.3. The van der Waals surface area contributed by atoms with Gasteiger partial charge >= 0.3 is 0 Å². The third-order valence-corrected chi connectivity index (χ3v) is 10.4. The molecular formula is C54H45N. The smallest absolute Gasteiger partial charge is 0.0496 e. The van der Waals surface area contributed by atoms with Gasteiger partial charge in [0.25, 0.3) is 0 Å². The van der Waals surface area contributed by atoms with Crippen LogP contribution < -0.4 is 4.90 Å².